The number of hydrogen-bond donors (Lipinski definition) is 4. The van der Waals surface area contributed by atoms with E-state index in [4.69, 9.17) is 10.2 Å². The Labute approximate surface area is 118 Å². The molecule has 4 N–H and O–H groups in total. The van der Waals surface area contributed by atoms with E-state index in [9.17, 15) is 14.4 Å². The number of aromatic nitrogens is 1. The molecule has 0 bridgehead atoms. The highest BCUT2D eigenvalue weighted by atomic mass is 32.1. The molecule has 0 aliphatic heterocycles. The van der Waals surface area contributed by atoms with Gasteiger partial charge in [0.15, 0.2) is 5.13 Å². The molecule has 0 aliphatic carbocycles. The summed E-state index contributed by atoms with van der Waals surface area (Å²) >= 11 is 1.27. The van der Waals surface area contributed by atoms with Gasteiger partial charge in [-0.1, -0.05) is 0 Å². The van der Waals surface area contributed by atoms with Crippen LogP contribution in [-0.2, 0) is 9.59 Å². The van der Waals surface area contributed by atoms with Crippen LogP contribution >= 0.6 is 11.3 Å². The Hall–Kier alpha value is -2.16. The van der Waals surface area contributed by atoms with Crippen LogP contribution in [0.2, 0.25) is 0 Å². The summed E-state index contributed by atoms with van der Waals surface area (Å²) in [6.45, 7) is 1.83. The summed E-state index contributed by atoms with van der Waals surface area (Å²) in [5.41, 5.74) is 0. The highest BCUT2D eigenvalue weighted by Crippen LogP contribution is 2.16. The molecule has 0 unspecified atom stereocenters. The van der Waals surface area contributed by atoms with Gasteiger partial charge >= 0.3 is 18.0 Å². The fourth-order valence-corrected chi connectivity index (χ4v) is 2.08. The molecule has 0 fully saturated rings. The summed E-state index contributed by atoms with van der Waals surface area (Å²) in [5.74, 6) is -2.21. The number of rotatable bonds is 7. The Morgan fingerprint density at radius 1 is 1.40 bits per heavy atom. The van der Waals surface area contributed by atoms with Gasteiger partial charge in [-0.3, -0.25) is 10.1 Å². The second-order valence-corrected chi connectivity index (χ2v) is 5.29. The smallest absolute Gasteiger partial charge is 0.326 e. The van der Waals surface area contributed by atoms with Gasteiger partial charge in [0.05, 0.1) is 0 Å². The van der Waals surface area contributed by atoms with Crippen molar-refractivity contribution in [3.05, 3.63) is 11.1 Å². The van der Waals surface area contributed by atoms with Gasteiger partial charge in [-0.2, -0.15) is 0 Å². The van der Waals surface area contributed by atoms with E-state index < -0.39 is 24.0 Å². The van der Waals surface area contributed by atoms with Crippen molar-refractivity contribution in [2.75, 3.05) is 5.32 Å². The molecule has 1 heterocycles. The lowest BCUT2D eigenvalue weighted by molar-refractivity contribution is -0.140. The minimum absolute atomic E-state index is 0.0476. The SMILES string of the molecule is Cc1cnc(NC(=O)N[C@H](CCCC(=O)O)C(=O)O)s1. The summed E-state index contributed by atoms with van der Waals surface area (Å²) < 4.78 is 0. The third kappa shape index (κ3) is 5.65. The molecule has 1 aromatic heterocycles. The van der Waals surface area contributed by atoms with Gasteiger partial charge < -0.3 is 15.5 Å². The minimum atomic E-state index is -1.21. The van der Waals surface area contributed by atoms with E-state index in [-0.39, 0.29) is 19.3 Å². The maximum absolute atomic E-state index is 11.6. The maximum atomic E-state index is 11.6. The number of aryl methyl sites for hydroxylation is 1. The summed E-state index contributed by atoms with van der Waals surface area (Å²) in [6.07, 6.45) is 1.66. The molecule has 2 amide bonds. The third-order valence-electron chi connectivity index (χ3n) is 2.33. The molecule has 0 saturated heterocycles. The average molecular weight is 301 g/mol. The number of hydrogen-bond acceptors (Lipinski definition) is 5. The first kappa shape index (κ1) is 15.9. The predicted octanol–water partition coefficient (Wildman–Crippen LogP) is 1.28. The zero-order valence-corrected chi connectivity index (χ0v) is 11.6. The quantitative estimate of drug-likeness (QED) is 0.600. The van der Waals surface area contributed by atoms with Crippen LogP contribution in [0.4, 0.5) is 9.93 Å². The van der Waals surface area contributed by atoms with Gasteiger partial charge in [0.2, 0.25) is 0 Å². The van der Waals surface area contributed by atoms with E-state index in [1.54, 1.807) is 6.20 Å². The number of carbonyl (C=O) groups is 3. The van der Waals surface area contributed by atoms with Crippen molar-refractivity contribution in [1.82, 2.24) is 10.3 Å². The largest absolute Gasteiger partial charge is 0.481 e. The number of carbonyl (C=O) groups excluding carboxylic acids is 1. The zero-order chi connectivity index (χ0) is 15.1. The molecule has 1 atom stereocenters. The molecule has 0 spiro atoms. The summed E-state index contributed by atoms with van der Waals surface area (Å²) in [4.78, 5) is 37.8. The van der Waals surface area contributed by atoms with Gasteiger partial charge in [-0.05, 0) is 19.8 Å². The van der Waals surface area contributed by atoms with Crippen molar-refractivity contribution in [3.63, 3.8) is 0 Å². The van der Waals surface area contributed by atoms with Crippen molar-refractivity contribution < 1.29 is 24.6 Å². The Bertz CT molecular complexity index is 502. The van der Waals surface area contributed by atoms with Crippen molar-refractivity contribution in [2.45, 2.75) is 32.2 Å². The Balaban J connectivity index is 2.46. The van der Waals surface area contributed by atoms with E-state index in [2.05, 4.69) is 15.6 Å². The lowest BCUT2D eigenvalue weighted by Gasteiger charge is -2.13. The number of aliphatic carboxylic acids is 2. The highest BCUT2D eigenvalue weighted by Gasteiger charge is 2.20. The van der Waals surface area contributed by atoms with Crippen molar-refractivity contribution in [1.29, 1.82) is 0 Å². The zero-order valence-electron chi connectivity index (χ0n) is 10.8. The monoisotopic (exact) mass is 301 g/mol. The second kappa shape index (κ2) is 7.43. The molecule has 9 heteroatoms. The average Bonchev–Trinajstić information content (AvgIpc) is 2.72. The van der Waals surface area contributed by atoms with Crippen molar-refractivity contribution in [3.8, 4) is 0 Å². The van der Waals surface area contributed by atoms with Gasteiger partial charge in [0.1, 0.15) is 6.04 Å². The molecule has 0 aromatic carbocycles. The molecule has 0 aliphatic rings. The Morgan fingerprint density at radius 2 is 2.10 bits per heavy atom. The van der Waals surface area contributed by atoms with Crippen LogP contribution in [0, 0.1) is 6.92 Å². The Morgan fingerprint density at radius 3 is 2.60 bits per heavy atom. The van der Waals surface area contributed by atoms with Crippen LogP contribution in [0.1, 0.15) is 24.1 Å². The van der Waals surface area contributed by atoms with Crippen LogP contribution in [0.15, 0.2) is 6.20 Å². The van der Waals surface area contributed by atoms with Gasteiger partial charge in [0, 0.05) is 17.5 Å². The molecule has 110 valence electrons. The van der Waals surface area contributed by atoms with Crippen LogP contribution < -0.4 is 10.6 Å². The number of thiazole rings is 1. The van der Waals surface area contributed by atoms with Crippen LogP contribution in [-0.4, -0.2) is 39.2 Å². The van der Waals surface area contributed by atoms with Gasteiger partial charge in [-0.25, -0.2) is 14.6 Å². The maximum Gasteiger partial charge on any atom is 0.326 e. The number of urea groups is 1. The molecule has 1 rings (SSSR count). The number of carboxylic acid groups (broad SMARTS) is 2. The number of amides is 2. The molecule has 8 nitrogen and oxygen atoms in total. The number of carboxylic acids is 2. The normalized spacial score (nSPS) is 11.7. The van der Waals surface area contributed by atoms with Crippen LogP contribution in [0.5, 0.6) is 0 Å². The van der Waals surface area contributed by atoms with Gasteiger partial charge in [-0.15, -0.1) is 11.3 Å². The lowest BCUT2D eigenvalue weighted by Crippen LogP contribution is -2.43. The summed E-state index contributed by atoms with van der Waals surface area (Å²) in [7, 11) is 0. The fraction of sp³-hybridized carbons (Fsp3) is 0.455. The molecule has 1 aromatic rings. The van der Waals surface area contributed by atoms with E-state index in [0.29, 0.717) is 5.13 Å². The Kier molecular flexibility index (Phi) is 5.91. The fourth-order valence-electron chi connectivity index (χ4n) is 1.42. The van der Waals surface area contributed by atoms with Gasteiger partial charge in [0.25, 0.3) is 0 Å². The number of nitrogens with one attached hydrogen (secondary N) is 2. The summed E-state index contributed by atoms with van der Waals surface area (Å²) in [6, 6.07) is -1.81. The van der Waals surface area contributed by atoms with Crippen LogP contribution in [0.3, 0.4) is 0 Å². The van der Waals surface area contributed by atoms with E-state index >= 15 is 0 Å². The van der Waals surface area contributed by atoms with E-state index in [1.807, 2.05) is 6.92 Å². The first-order valence-corrected chi connectivity index (χ1v) is 6.64. The van der Waals surface area contributed by atoms with E-state index in [1.165, 1.54) is 11.3 Å². The molecule has 0 saturated carbocycles. The highest BCUT2D eigenvalue weighted by molar-refractivity contribution is 7.15. The standard InChI is InChI=1S/C11H15N3O5S/c1-6-5-12-11(20-6)14-10(19)13-7(9(17)18)3-2-4-8(15)16/h5,7H,2-4H2,1H3,(H,15,16)(H,17,18)(H2,12,13,14,19)/t7-/m1/s1. The van der Waals surface area contributed by atoms with Crippen molar-refractivity contribution in [2.24, 2.45) is 0 Å². The first-order valence-electron chi connectivity index (χ1n) is 5.83. The van der Waals surface area contributed by atoms with E-state index in [0.717, 1.165) is 4.88 Å². The molecular weight excluding hydrogens is 286 g/mol. The van der Waals surface area contributed by atoms with Crippen molar-refractivity contribution >= 4 is 34.4 Å². The third-order valence-corrected chi connectivity index (χ3v) is 3.16. The number of nitrogens with zero attached hydrogens (tertiary/aromatic N) is 1. The lowest BCUT2D eigenvalue weighted by atomic mass is 10.1. The molecule has 0 radical (unpaired) electrons. The summed E-state index contributed by atoms with van der Waals surface area (Å²) in [5, 5.41) is 22.5. The van der Waals surface area contributed by atoms with Crippen LogP contribution in [0.25, 0.3) is 0 Å². The first-order chi connectivity index (χ1) is 9.38. The molecular formula is C11H15N3O5S. The number of anilines is 1. The predicted molar refractivity (Wildman–Crippen MR) is 71.9 cm³/mol. The topological polar surface area (TPSA) is 129 Å². The minimum Gasteiger partial charge on any atom is -0.481 e. The molecule has 20 heavy (non-hydrogen) atoms. The second-order valence-electron chi connectivity index (χ2n) is 4.05.